The van der Waals surface area contributed by atoms with Gasteiger partial charge in [-0.05, 0) is 73.7 Å². The van der Waals surface area contributed by atoms with Gasteiger partial charge in [0, 0.05) is 5.69 Å². The zero-order valence-electron chi connectivity index (χ0n) is 19.5. The van der Waals surface area contributed by atoms with E-state index in [1.165, 1.54) is 12.1 Å². The van der Waals surface area contributed by atoms with Gasteiger partial charge in [-0.3, -0.25) is 9.52 Å². The summed E-state index contributed by atoms with van der Waals surface area (Å²) in [6.45, 7) is 9.52. The van der Waals surface area contributed by atoms with Gasteiger partial charge >= 0.3 is 0 Å². The van der Waals surface area contributed by atoms with Crippen LogP contribution >= 0.6 is 0 Å². The normalized spacial score (nSPS) is 12.3. The first-order chi connectivity index (χ1) is 15.6. The van der Waals surface area contributed by atoms with E-state index in [1.54, 1.807) is 19.1 Å². The van der Waals surface area contributed by atoms with Crippen LogP contribution in [-0.2, 0) is 14.8 Å². The molecule has 0 bridgehead atoms. The molecule has 1 amide bonds. The quantitative estimate of drug-likeness (QED) is 0.450. The number of hydrogen-bond donors (Lipinski definition) is 2. The second-order valence-electron chi connectivity index (χ2n) is 8.34. The molecule has 3 rings (SSSR count). The maximum atomic E-state index is 12.8. The molecule has 0 fully saturated rings. The number of nitrogens with one attached hydrogen (secondary N) is 2. The molecule has 0 aromatic heterocycles. The van der Waals surface area contributed by atoms with Crippen LogP contribution in [0.5, 0.6) is 5.75 Å². The van der Waals surface area contributed by atoms with Crippen LogP contribution in [0.1, 0.15) is 43.4 Å². The summed E-state index contributed by atoms with van der Waals surface area (Å²) in [6.07, 6.45) is -0.723. The summed E-state index contributed by atoms with van der Waals surface area (Å²) in [5.41, 5.74) is 3.77. The zero-order valence-corrected chi connectivity index (χ0v) is 20.4. The molecule has 1 atom stereocenters. The largest absolute Gasteiger partial charge is 0.481 e. The molecule has 6 nitrogen and oxygen atoms in total. The van der Waals surface area contributed by atoms with E-state index in [1.807, 2.05) is 56.3 Å². The van der Waals surface area contributed by atoms with Gasteiger partial charge in [0.15, 0.2) is 6.10 Å². The highest BCUT2D eigenvalue weighted by Crippen LogP contribution is 2.27. The Hall–Kier alpha value is -3.32. The average Bonchev–Trinajstić information content (AvgIpc) is 2.77. The number of para-hydroxylation sites is 2. The average molecular weight is 467 g/mol. The van der Waals surface area contributed by atoms with Crippen molar-refractivity contribution in [2.75, 3.05) is 10.0 Å². The Balaban J connectivity index is 1.68. The predicted octanol–water partition coefficient (Wildman–Crippen LogP) is 5.63. The summed E-state index contributed by atoms with van der Waals surface area (Å²) in [5, 5.41) is 2.78. The number of amides is 1. The number of aryl methyl sites for hydroxylation is 2. The minimum Gasteiger partial charge on any atom is -0.481 e. The molecule has 0 aliphatic rings. The summed E-state index contributed by atoms with van der Waals surface area (Å²) < 4.78 is 34.2. The molecule has 0 heterocycles. The molecule has 3 aromatic rings. The lowest BCUT2D eigenvalue weighted by atomic mass is 10.0. The topological polar surface area (TPSA) is 84.5 Å². The van der Waals surface area contributed by atoms with Crippen molar-refractivity contribution in [3.8, 4) is 5.75 Å². The van der Waals surface area contributed by atoms with E-state index < -0.39 is 16.1 Å². The summed E-state index contributed by atoms with van der Waals surface area (Å²) in [7, 11) is -3.76. The molecule has 0 aliphatic carbocycles. The fraction of sp³-hybridized carbons (Fsp3) is 0.269. The first kappa shape index (κ1) is 24.3. The highest BCUT2D eigenvalue weighted by molar-refractivity contribution is 7.92. The highest BCUT2D eigenvalue weighted by atomic mass is 32.2. The smallest absolute Gasteiger partial charge is 0.265 e. The number of rotatable bonds is 8. The number of anilines is 2. The van der Waals surface area contributed by atoms with Crippen LogP contribution in [0.2, 0.25) is 0 Å². The Kier molecular flexibility index (Phi) is 7.43. The molecule has 174 valence electrons. The van der Waals surface area contributed by atoms with Gasteiger partial charge in [-0.2, -0.15) is 0 Å². The summed E-state index contributed by atoms with van der Waals surface area (Å²) in [6, 6.07) is 19.3. The second-order valence-corrected chi connectivity index (χ2v) is 10.0. The van der Waals surface area contributed by atoms with Crippen LogP contribution in [0.4, 0.5) is 11.4 Å². The molecular formula is C26H30N2O4S. The molecule has 0 aliphatic heterocycles. The van der Waals surface area contributed by atoms with E-state index in [-0.39, 0.29) is 16.7 Å². The van der Waals surface area contributed by atoms with Gasteiger partial charge in [-0.15, -0.1) is 0 Å². The standard InChI is InChI=1S/C26H30N2O4S/c1-17(2)23-11-6-7-12-24(23)32-20(5)26(29)27-21-13-15-22(16-14-21)33(30,31)28-25-18(3)9-8-10-19(25)4/h6-17,20,28H,1-5H3,(H,27,29). The van der Waals surface area contributed by atoms with Crippen molar-refractivity contribution in [2.45, 2.75) is 51.5 Å². The van der Waals surface area contributed by atoms with Gasteiger partial charge in [0.1, 0.15) is 5.75 Å². The van der Waals surface area contributed by atoms with Crippen molar-refractivity contribution in [1.82, 2.24) is 0 Å². The number of carbonyl (C=O) groups is 1. The monoisotopic (exact) mass is 466 g/mol. The Morgan fingerprint density at radius 2 is 1.45 bits per heavy atom. The molecule has 0 saturated carbocycles. The van der Waals surface area contributed by atoms with Crippen molar-refractivity contribution >= 4 is 27.3 Å². The molecule has 0 spiro atoms. The molecule has 33 heavy (non-hydrogen) atoms. The van der Waals surface area contributed by atoms with Crippen LogP contribution in [0.25, 0.3) is 0 Å². The number of ether oxygens (including phenoxy) is 1. The maximum absolute atomic E-state index is 12.8. The molecule has 2 N–H and O–H groups in total. The number of hydrogen-bond acceptors (Lipinski definition) is 4. The number of benzene rings is 3. The van der Waals surface area contributed by atoms with Gasteiger partial charge in [0.2, 0.25) is 0 Å². The van der Waals surface area contributed by atoms with Crippen molar-refractivity contribution < 1.29 is 17.9 Å². The number of carbonyl (C=O) groups excluding carboxylic acids is 1. The van der Waals surface area contributed by atoms with Gasteiger partial charge in [0.05, 0.1) is 10.6 Å². The summed E-state index contributed by atoms with van der Waals surface area (Å²) in [5.74, 6) is 0.620. The van der Waals surface area contributed by atoms with Crippen LogP contribution in [-0.4, -0.2) is 20.4 Å². The lowest BCUT2D eigenvalue weighted by molar-refractivity contribution is -0.122. The fourth-order valence-corrected chi connectivity index (χ4v) is 4.64. The second kappa shape index (κ2) is 10.1. The molecule has 1 unspecified atom stereocenters. The lowest BCUT2D eigenvalue weighted by Crippen LogP contribution is -2.30. The maximum Gasteiger partial charge on any atom is 0.265 e. The van der Waals surface area contributed by atoms with E-state index >= 15 is 0 Å². The molecule has 7 heteroatoms. The molecule has 3 aromatic carbocycles. The summed E-state index contributed by atoms with van der Waals surface area (Å²) in [4.78, 5) is 12.7. The first-order valence-electron chi connectivity index (χ1n) is 10.8. The zero-order chi connectivity index (χ0) is 24.2. The Bertz CT molecular complexity index is 1220. The Labute approximate surface area is 196 Å². The minimum absolute atomic E-state index is 0.110. The third-order valence-corrected chi connectivity index (χ3v) is 6.73. The van der Waals surface area contributed by atoms with Gasteiger partial charge in [-0.1, -0.05) is 50.2 Å². The fourth-order valence-electron chi connectivity index (χ4n) is 3.44. The van der Waals surface area contributed by atoms with E-state index in [9.17, 15) is 13.2 Å². The van der Waals surface area contributed by atoms with E-state index in [2.05, 4.69) is 23.9 Å². The van der Waals surface area contributed by atoms with Crippen molar-refractivity contribution in [1.29, 1.82) is 0 Å². The number of sulfonamides is 1. The van der Waals surface area contributed by atoms with Crippen molar-refractivity contribution in [3.05, 3.63) is 83.4 Å². The van der Waals surface area contributed by atoms with Crippen LogP contribution in [0.3, 0.4) is 0 Å². The highest BCUT2D eigenvalue weighted by Gasteiger charge is 2.19. The van der Waals surface area contributed by atoms with Gasteiger partial charge < -0.3 is 10.1 Å². The summed E-state index contributed by atoms with van der Waals surface area (Å²) >= 11 is 0. The first-order valence-corrected chi connectivity index (χ1v) is 12.3. The van der Waals surface area contributed by atoms with E-state index in [4.69, 9.17) is 4.74 Å². The van der Waals surface area contributed by atoms with Gasteiger partial charge in [0.25, 0.3) is 15.9 Å². The molecule has 0 radical (unpaired) electrons. The molecular weight excluding hydrogens is 436 g/mol. The van der Waals surface area contributed by atoms with Crippen LogP contribution in [0, 0.1) is 13.8 Å². The van der Waals surface area contributed by atoms with E-state index in [0.29, 0.717) is 17.1 Å². The molecule has 0 saturated heterocycles. The van der Waals surface area contributed by atoms with E-state index in [0.717, 1.165) is 16.7 Å². The van der Waals surface area contributed by atoms with Gasteiger partial charge in [-0.25, -0.2) is 8.42 Å². The third-order valence-electron chi connectivity index (χ3n) is 5.36. The van der Waals surface area contributed by atoms with Crippen LogP contribution < -0.4 is 14.8 Å². The third kappa shape index (κ3) is 5.93. The van der Waals surface area contributed by atoms with Crippen molar-refractivity contribution in [2.24, 2.45) is 0 Å². The lowest BCUT2D eigenvalue weighted by Gasteiger charge is -2.19. The van der Waals surface area contributed by atoms with Crippen molar-refractivity contribution in [3.63, 3.8) is 0 Å². The predicted molar refractivity (Wildman–Crippen MR) is 132 cm³/mol. The van der Waals surface area contributed by atoms with Crippen LogP contribution in [0.15, 0.2) is 71.6 Å². The Morgan fingerprint density at radius 3 is 2.06 bits per heavy atom. The minimum atomic E-state index is -3.76. The SMILES string of the molecule is Cc1cccc(C)c1NS(=O)(=O)c1ccc(NC(=O)C(C)Oc2ccccc2C(C)C)cc1. The Morgan fingerprint density at radius 1 is 0.848 bits per heavy atom.